The van der Waals surface area contributed by atoms with Crippen LogP contribution in [-0.2, 0) is 12.8 Å². The van der Waals surface area contributed by atoms with Crippen LogP contribution in [0.25, 0.3) is 0 Å². The van der Waals surface area contributed by atoms with Gasteiger partial charge in [0, 0.05) is 12.8 Å². The van der Waals surface area contributed by atoms with Crippen molar-refractivity contribution in [3.05, 3.63) is 71.8 Å². The molecule has 0 radical (unpaired) electrons. The van der Waals surface area contributed by atoms with E-state index in [2.05, 4.69) is 65.2 Å². The molecular formula is C19H25ClNO4+. The van der Waals surface area contributed by atoms with Gasteiger partial charge in [0.1, 0.15) is 13.1 Å². The van der Waals surface area contributed by atoms with E-state index in [1.807, 2.05) is 0 Å². The van der Waals surface area contributed by atoms with Gasteiger partial charge in [-0.3, -0.25) is 0 Å². The van der Waals surface area contributed by atoms with Crippen LogP contribution in [0.1, 0.15) is 24.0 Å². The molecule has 0 saturated carbocycles. The molecule has 3 N–H and O–H groups in total. The zero-order valence-corrected chi connectivity index (χ0v) is 14.8. The Morgan fingerprint density at radius 2 is 1.16 bits per heavy atom. The number of nitrogens with zero attached hydrogens (tertiary/aromatic N) is 1. The summed E-state index contributed by atoms with van der Waals surface area (Å²) in [6.07, 6.45) is 4.84. The monoisotopic (exact) mass is 366 g/mol. The first kappa shape index (κ1) is 19.6. The Kier molecular flexibility index (Phi) is 7.55. The van der Waals surface area contributed by atoms with Gasteiger partial charge in [-0.1, -0.05) is 60.7 Å². The molecule has 0 aromatic heterocycles. The summed E-state index contributed by atoms with van der Waals surface area (Å²) in [7, 11) is -4.19. The topological polar surface area (TPSA) is 86.8 Å². The van der Waals surface area contributed by atoms with E-state index in [1.165, 1.54) is 37.1 Å². The fraction of sp³-hybridized carbons (Fsp3) is 0.316. The third-order valence-electron chi connectivity index (χ3n) is 4.06. The minimum absolute atomic E-state index is 1.08. The first-order valence-corrected chi connectivity index (χ1v) is 9.58. The van der Waals surface area contributed by atoms with Crippen molar-refractivity contribution in [1.82, 2.24) is 0 Å². The molecule has 25 heavy (non-hydrogen) atoms. The van der Waals surface area contributed by atoms with Crippen LogP contribution in [0.3, 0.4) is 0 Å². The smallest absolute Gasteiger partial charge is 0.161 e. The molecule has 0 aliphatic carbocycles. The van der Waals surface area contributed by atoms with E-state index in [1.54, 1.807) is 5.71 Å². The quantitative estimate of drug-likeness (QED) is 0.700. The molecule has 1 saturated heterocycles. The minimum Gasteiger partial charge on any atom is -0.236 e. The Bertz CT molecular complexity index is 611. The Hall–Kier alpha value is -1.76. The standard InChI is InChI=1S/C19H22N.ClH3O4/c1-3-9-17(10-4-1)15-19(20-13-7-8-14-20)16-18-11-5-2-6-12-18;2-1(3,4)5/h1-6,9-12H,7-8,13-16H2;2-4H/q+1;. The van der Waals surface area contributed by atoms with Crippen molar-refractivity contribution in [1.29, 1.82) is 0 Å². The van der Waals surface area contributed by atoms with Gasteiger partial charge in [0.2, 0.25) is 0 Å². The number of halogens is 1. The summed E-state index contributed by atoms with van der Waals surface area (Å²) in [4.78, 5) is 0. The van der Waals surface area contributed by atoms with Gasteiger partial charge in [-0.05, 0) is 11.1 Å². The largest absolute Gasteiger partial charge is 0.236 e. The van der Waals surface area contributed by atoms with Gasteiger partial charge >= 0.3 is 28.9 Å². The van der Waals surface area contributed by atoms with Crippen LogP contribution in [0.2, 0.25) is 0 Å². The third kappa shape index (κ3) is 8.25. The fourth-order valence-electron chi connectivity index (χ4n) is 2.98. The zero-order valence-electron chi connectivity index (χ0n) is 14.1. The molecular weight excluding hydrogens is 342 g/mol. The summed E-state index contributed by atoms with van der Waals surface area (Å²) in [6, 6.07) is 21.7. The molecule has 0 atom stereocenters. The SMILES string of the molecule is [O-][Cl+](O)(O)O.c1ccc(CC(Cc2ccccc2)=[N+]2CCCC2)cc1. The van der Waals surface area contributed by atoms with Crippen molar-refractivity contribution < 1.29 is 33.5 Å². The van der Waals surface area contributed by atoms with Crippen molar-refractivity contribution in [2.75, 3.05) is 13.1 Å². The van der Waals surface area contributed by atoms with Crippen molar-refractivity contribution in [3.8, 4) is 0 Å². The molecule has 0 amide bonds. The van der Waals surface area contributed by atoms with Crippen molar-refractivity contribution in [2.24, 2.45) is 0 Å². The molecule has 6 heteroatoms. The number of rotatable bonds is 4. The third-order valence-corrected chi connectivity index (χ3v) is 4.06. The molecule has 0 bridgehead atoms. The maximum Gasteiger partial charge on any atom is 0.161 e. The average molecular weight is 367 g/mol. The van der Waals surface area contributed by atoms with Gasteiger partial charge in [-0.15, -0.1) is 0 Å². The van der Waals surface area contributed by atoms with E-state index in [4.69, 9.17) is 18.6 Å². The van der Waals surface area contributed by atoms with E-state index in [9.17, 15) is 0 Å². The van der Waals surface area contributed by atoms with Gasteiger partial charge in [0.25, 0.3) is 0 Å². The summed E-state index contributed by atoms with van der Waals surface area (Å²) < 4.78 is 32.8. The van der Waals surface area contributed by atoms with Crippen LogP contribution in [-0.4, -0.2) is 37.4 Å². The summed E-state index contributed by atoms with van der Waals surface area (Å²) in [5, 5.41) is 0. The second-order valence-electron chi connectivity index (χ2n) is 6.02. The predicted octanol–water partition coefficient (Wildman–Crippen LogP) is 0.859. The molecule has 2 aromatic carbocycles. The Morgan fingerprint density at radius 1 is 0.800 bits per heavy atom. The Labute approximate surface area is 150 Å². The van der Waals surface area contributed by atoms with E-state index in [-0.39, 0.29) is 0 Å². The first-order valence-electron chi connectivity index (χ1n) is 8.25. The van der Waals surface area contributed by atoms with Crippen LogP contribution < -0.4 is 4.66 Å². The Balaban J connectivity index is 0.000000399. The second-order valence-corrected chi connectivity index (χ2v) is 6.89. The van der Waals surface area contributed by atoms with Gasteiger partial charge < -0.3 is 0 Å². The van der Waals surface area contributed by atoms with Crippen molar-refractivity contribution in [2.45, 2.75) is 25.7 Å². The van der Waals surface area contributed by atoms with Crippen LogP contribution in [0.4, 0.5) is 0 Å². The number of hydrogen-bond acceptors (Lipinski definition) is 4. The van der Waals surface area contributed by atoms with Crippen LogP contribution in [0, 0.1) is 10.2 Å². The number of hydrogen-bond donors (Lipinski definition) is 3. The van der Waals surface area contributed by atoms with E-state index >= 15 is 0 Å². The number of benzene rings is 2. The molecule has 2 aromatic rings. The maximum absolute atomic E-state index is 8.83. The second kappa shape index (κ2) is 9.65. The molecule has 3 rings (SSSR count). The Morgan fingerprint density at radius 3 is 1.52 bits per heavy atom. The normalized spacial score (nSPS) is 14.6. The average Bonchev–Trinajstić information content (AvgIpc) is 3.09. The van der Waals surface area contributed by atoms with Crippen LogP contribution >= 0.6 is 0 Å². The summed E-state index contributed by atoms with van der Waals surface area (Å²) >= 11 is 0. The fourth-order valence-corrected chi connectivity index (χ4v) is 2.98. The molecule has 1 aliphatic rings. The zero-order chi connectivity index (χ0) is 18.1. The van der Waals surface area contributed by atoms with Gasteiger partial charge in [0.15, 0.2) is 5.71 Å². The summed E-state index contributed by atoms with van der Waals surface area (Å²) in [5.74, 6) is 0. The molecule has 1 aliphatic heterocycles. The van der Waals surface area contributed by atoms with Crippen LogP contribution in [0.5, 0.6) is 0 Å². The molecule has 1 heterocycles. The van der Waals surface area contributed by atoms with E-state index in [0.29, 0.717) is 0 Å². The molecule has 0 unspecified atom stereocenters. The van der Waals surface area contributed by atoms with Crippen molar-refractivity contribution >= 4 is 5.71 Å². The van der Waals surface area contributed by atoms with Gasteiger partial charge in [0.05, 0.1) is 12.8 Å². The van der Waals surface area contributed by atoms with Crippen molar-refractivity contribution in [3.63, 3.8) is 0 Å². The molecule has 136 valence electrons. The van der Waals surface area contributed by atoms with E-state index in [0.717, 1.165) is 12.8 Å². The minimum atomic E-state index is -4.19. The maximum atomic E-state index is 8.83. The molecule has 1 fully saturated rings. The van der Waals surface area contributed by atoms with Crippen LogP contribution in [0.15, 0.2) is 60.7 Å². The summed E-state index contributed by atoms with van der Waals surface area (Å²) in [6.45, 7) is 2.46. The van der Waals surface area contributed by atoms with E-state index < -0.39 is 10.2 Å². The molecule has 0 spiro atoms. The predicted molar refractivity (Wildman–Crippen MR) is 91.2 cm³/mol. The first-order chi connectivity index (χ1) is 11.9. The van der Waals surface area contributed by atoms with Gasteiger partial charge in [-0.25, -0.2) is 4.58 Å². The van der Waals surface area contributed by atoms with Gasteiger partial charge in [-0.2, -0.15) is 0 Å². The molecule has 5 nitrogen and oxygen atoms in total. The summed E-state index contributed by atoms with van der Waals surface area (Å²) in [5.41, 5.74) is 4.41.